The van der Waals surface area contributed by atoms with Gasteiger partial charge in [-0.25, -0.2) is 4.79 Å². The predicted molar refractivity (Wildman–Crippen MR) is 82.0 cm³/mol. The van der Waals surface area contributed by atoms with E-state index in [9.17, 15) is 10.1 Å². The van der Waals surface area contributed by atoms with Crippen molar-refractivity contribution in [1.82, 2.24) is 4.57 Å². The quantitative estimate of drug-likeness (QED) is 0.849. The number of methoxy groups -OCH3 is 1. The normalized spacial score (nSPS) is 12.6. The zero-order chi connectivity index (χ0) is 16.6. The molecule has 1 aliphatic heterocycles. The maximum Gasteiger partial charge on any atom is 0.357 e. The number of esters is 1. The van der Waals surface area contributed by atoms with Crippen molar-refractivity contribution in [3.05, 3.63) is 35.2 Å². The number of anilines is 1. The Bertz CT molecular complexity index is 833. The highest BCUT2D eigenvalue weighted by Crippen LogP contribution is 2.36. The fraction of sp³-hybridized carbons (Fsp3) is 0.250. The lowest BCUT2D eigenvalue weighted by Crippen LogP contribution is -2.17. The molecule has 23 heavy (non-hydrogen) atoms. The second-order valence-corrected chi connectivity index (χ2v) is 5.06. The van der Waals surface area contributed by atoms with Crippen LogP contribution in [0.3, 0.4) is 0 Å². The van der Waals surface area contributed by atoms with Crippen LogP contribution in [0.1, 0.15) is 21.6 Å². The average molecular weight is 313 g/mol. The van der Waals surface area contributed by atoms with E-state index >= 15 is 0 Å². The summed E-state index contributed by atoms with van der Waals surface area (Å²) in [5.74, 6) is 0.620. The number of nitrogens with two attached hydrogens (primary N) is 1. The van der Waals surface area contributed by atoms with Crippen molar-refractivity contribution < 1.29 is 19.0 Å². The van der Waals surface area contributed by atoms with E-state index in [-0.39, 0.29) is 16.9 Å². The molecule has 0 unspecified atom stereocenters. The molecule has 2 aromatic rings. The van der Waals surface area contributed by atoms with Gasteiger partial charge in [0.15, 0.2) is 17.2 Å². The summed E-state index contributed by atoms with van der Waals surface area (Å²) in [6.45, 7) is 2.82. The summed E-state index contributed by atoms with van der Waals surface area (Å²) in [6, 6.07) is 5.56. The topological polar surface area (TPSA) is 99.5 Å². The maximum atomic E-state index is 12.1. The van der Waals surface area contributed by atoms with Gasteiger partial charge in [0.25, 0.3) is 0 Å². The molecule has 2 heterocycles. The van der Waals surface area contributed by atoms with Crippen LogP contribution in [-0.2, 0) is 4.74 Å². The number of nitrogens with zero attached hydrogens (tertiary/aromatic N) is 2. The standard InChI is InChI=1S/C16H15N3O4/c1-9-5-12-13(23-4-3-22-12)6-11(9)19-8-10(7-17)14(18)15(19)16(20)21-2/h5-6,8H,3-4,18H2,1-2H3. The van der Waals surface area contributed by atoms with Crippen LogP contribution in [0.15, 0.2) is 18.3 Å². The smallest absolute Gasteiger partial charge is 0.357 e. The first-order valence-corrected chi connectivity index (χ1v) is 6.96. The Morgan fingerprint density at radius 1 is 1.35 bits per heavy atom. The molecule has 118 valence electrons. The number of hydrogen-bond donors (Lipinski definition) is 1. The highest BCUT2D eigenvalue weighted by Gasteiger charge is 2.24. The molecule has 2 N–H and O–H groups in total. The summed E-state index contributed by atoms with van der Waals surface area (Å²) in [7, 11) is 1.27. The second kappa shape index (κ2) is 5.57. The van der Waals surface area contributed by atoms with Crippen molar-refractivity contribution in [1.29, 1.82) is 5.26 Å². The fourth-order valence-corrected chi connectivity index (χ4v) is 2.54. The lowest BCUT2D eigenvalue weighted by atomic mass is 10.1. The number of carbonyl (C=O) groups excluding carboxylic acids is 1. The summed E-state index contributed by atoms with van der Waals surface area (Å²) in [6.07, 6.45) is 1.51. The number of aromatic nitrogens is 1. The number of carbonyl (C=O) groups is 1. The van der Waals surface area contributed by atoms with Crippen LogP contribution in [0.2, 0.25) is 0 Å². The van der Waals surface area contributed by atoms with Gasteiger partial charge in [-0.1, -0.05) is 0 Å². The van der Waals surface area contributed by atoms with Gasteiger partial charge in [0.05, 0.1) is 24.0 Å². The first-order chi connectivity index (χ1) is 11.1. The second-order valence-electron chi connectivity index (χ2n) is 5.06. The van der Waals surface area contributed by atoms with E-state index in [0.717, 1.165) is 5.56 Å². The number of hydrogen-bond acceptors (Lipinski definition) is 6. The van der Waals surface area contributed by atoms with Gasteiger partial charge >= 0.3 is 5.97 Å². The Labute approximate surface area is 132 Å². The van der Waals surface area contributed by atoms with E-state index in [1.165, 1.54) is 13.3 Å². The Kier molecular flexibility index (Phi) is 3.58. The van der Waals surface area contributed by atoms with Crippen molar-refractivity contribution >= 4 is 11.7 Å². The van der Waals surface area contributed by atoms with Crippen molar-refractivity contribution in [3.8, 4) is 23.3 Å². The van der Waals surface area contributed by atoms with E-state index < -0.39 is 5.97 Å². The predicted octanol–water partition coefficient (Wildman–Crippen LogP) is 1.80. The van der Waals surface area contributed by atoms with Crippen LogP contribution in [0.4, 0.5) is 5.69 Å². The van der Waals surface area contributed by atoms with Crippen molar-refractivity contribution in [2.24, 2.45) is 0 Å². The number of nitrogen functional groups attached to an aromatic ring is 1. The Balaban J connectivity index is 2.23. The molecule has 7 heteroatoms. The summed E-state index contributed by atoms with van der Waals surface area (Å²) in [5, 5.41) is 9.18. The summed E-state index contributed by atoms with van der Waals surface area (Å²) < 4.78 is 17.5. The molecule has 7 nitrogen and oxygen atoms in total. The zero-order valence-corrected chi connectivity index (χ0v) is 12.8. The minimum Gasteiger partial charge on any atom is -0.486 e. The van der Waals surface area contributed by atoms with Crippen molar-refractivity contribution in [2.45, 2.75) is 6.92 Å². The van der Waals surface area contributed by atoms with Gasteiger partial charge in [-0.2, -0.15) is 5.26 Å². The first kappa shape index (κ1) is 14.8. The highest BCUT2D eigenvalue weighted by molar-refractivity contribution is 5.96. The summed E-state index contributed by atoms with van der Waals surface area (Å²) in [4.78, 5) is 12.1. The molecule has 0 radical (unpaired) electrons. The highest BCUT2D eigenvalue weighted by atomic mass is 16.6. The lowest BCUT2D eigenvalue weighted by Gasteiger charge is -2.21. The zero-order valence-electron chi connectivity index (χ0n) is 12.8. The van der Waals surface area contributed by atoms with Crippen LogP contribution in [-0.4, -0.2) is 30.9 Å². The number of nitriles is 1. The molecule has 1 aromatic carbocycles. The molecule has 0 saturated heterocycles. The SMILES string of the molecule is COC(=O)c1c(N)c(C#N)cn1-c1cc2c(cc1C)OCCO2. The Hall–Kier alpha value is -3.14. The molecular weight excluding hydrogens is 298 g/mol. The van der Waals surface area contributed by atoms with E-state index in [4.69, 9.17) is 19.9 Å². The van der Waals surface area contributed by atoms with Gasteiger partial charge in [-0.15, -0.1) is 0 Å². The van der Waals surface area contributed by atoms with Crippen LogP contribution in [0.5, 0.6) is 11.5 Å². The molecule has 0 spiro atoms. The summed E-state index contributed by atoms with van der Waals surface area (Å²) >= 11 is 0. The first-order valence-electron chi connectivity index (χ1n) is 6.96. The van der Waals surface area contributed by atoms with E-state index in [1.54, 1.807) is 10.6 Å². The molecule has 3 rings (SSSR count). The third kappa shape index (κ3) is 2.34. The monoisotopic (exact) mass is 313 g/mol. The van der Waals surface area contributed by atoms with Gasteiger partial charge < -0.3 is 24.5 Å². The van der Waals surface area contributed by atoms with Gasteiger partial charge in [0.2, 0.25) is 0 Å². The molecular formula is C16H15N3O4. The molecule has 0 bridgehead atoms. The molecule has 0 atom stereocenters. The summed E-state index contributed by atoms with van der Waals surface area (Å²) in [5.41, 5.74) is 7.85. The Morgan fingerprint density at radius 2 is 2.00 bits per heavy atom. The Morgan fingerprint density at radius 3 is 2.61 bits per heavy atom. The third-order valence-electron chi connectivity index (χ3n) is 3.66. The lowest BCUT2D eigenvalue weighted by molar-refractivity contribution is 0.0593. The molecule has 0 fully saturated rings. The maximum absolute atomic E-state index is 12.1. The minimum absolute atomic E-state index is 0.0913. The average Bonchev–Trinajstić information content (AvgIpc) is 2.89. The van der Waals surface area contributed by atoms with Gasteiger partial charge in [0.1, 0.15) is 19.3 Å². The fourth-order valence-electron chi connectivity index (χ4n) is 2.54. The van der Waals surface area contributed by atoms with Crippen LogP contribution in [0.25, 0.3) is 5.69 Å². The minimum atomic E-state index is -0.613. The number of fused-ring (bicyclic) bond motifs is 1. The molecule has 1 aromatic heterocycles. The number of rotatable bonds is 2. The number of benzene rings is 1. The van der Waals surface area contributed by atoms with Gasteiger partial charge in [0, 0.05) is 12.3 Å². The largest absolute Gasteiger partial charge is 0.486 e. The van der Waals surface area contributed by atoms with Gasteiger partial charge in [-0.05, 0) is 18.6 Å². The molecule has 0 amide bonds. The van der Waals surface area contributed by atoms with Crippen molar-refractivity contribution in [2.75, 3.05) is 26.1 Å². The number of ether oxygens (including phenoxy) is 3. The molecule has 0 saturated carbocycles. The van der Waals surface area contributed by atoms with Crippen LogP contribution in [0, 0.1) is 18.3 Å². The van der Waals surface area contributed by atoms with E-state index in [2.05, 4.69) is 0 Å². The third-order valence-corrected chi connectivity index (χ3v) is 3.66. The van der Waals surface area contributed by atoms with E-state index in [0.29, 0.717) is 30.4 Å². The van der Waals surface area contributed by atoms with Crippen molar-refractivity contribution in [3.63, 3.8) is 0 Å². The van der Waals surface area contributed by atoms with E-state index in [1.807, 2.05) is 19.1 Å². The number of aryl methyl sites for hydroxylation is 1. The molecule has 0 aliphatic carbocycles. The van der Waals surface area contributed by atoms with Gasteiger partial charge in [-0.3, -0.25) is 0 Å². The van der Waals surface area contributed by atoms with Crippen LogP contribution >= 0.6 is 0 Å². The molecule has 1 aliphatic rings. The van der Waals surface area contributed by atoms with Crippen LogP contribution < -0.4 is 15.2 Å².